The van der Waals surface area contributed by atoms with Gasteiger partial charge in [0.15, 0.2) is 0 Å². The van der Waals surface area contributed by atoms with E-state index in [9.17, 15) is 12.6 Å². The first-order chi connectivity index (χ1) is 13.3. The summed E-state index contributed by atoms with van der Waals surface area (Å²) in [7, 11) is -5.41. The topological polar surface area (TPSA) is 51.2 Å². The third kappa shape index (κ3) is 4.87. The molecule has 0 aliphatic rings. The molecule has 6 heteroatoms. The SMILES string of the molecule is Cc1ccc(S(=O)/C(=C/S(=O)(=O)c2ccc(C)cc2)c2ccc(Br)cc2)cc1. The molecule has 0 aliphatic carbocycles. The van der Waals surface area contributed by atoms with Gasteiger partial charge >= 0.3 is 0 Å². The fraction of sp³-hybridized carbons (Fsp3) is 0.0909. The van der Waals surface area contributed by atoms with E-state index >= 15 is 0 Å². The van der Waals surface area contributed by atoms with Crippen LogP contribution in [0.5, 0.6) is 0 Å². The van der Waals surface area contributed by atoms with Crippen molar-refractivity contribution in [3.63, 3.8) is 0 Å². The van der Waals surface area contributed by atoms with Crippen LogP contribution >= 0.6 is 15.9 Å². The molecule has 0 N–H and O–H groups in total. The zero-order valence-corrected chi connectivity index (χ0v) is 18.6. The van der Waals surface area contributed by atoms with E-state index in [0.29, 0.717) is 10.5 Å². The molecule has 144 valence electrons. The highest BCUT2D eigenvalue weighted by molar-refractivity contribution is 9.10. The first-order valence-corrected chi connectivity index (χ1v) is 12.0. The van der Waals surface area contributed by atoms with E-state index in [1.54, 1.807) is 60.7 Å². The van der Waals surface area contributed by atoms with Gasteiger partial charge in [0.05, 0.1) is 26.0 Å². The number of rotatable bonds is 5. The molecule has 3 aromatic rings. The van der Waals surface area contributed by atoms with E-state index in [0.717, 1.165) is 21.0 Å². The van der Waals surface area contributed by atoms with Crippen molar-refractivity contribution >= 4 is 41.5 Å². The van der Waals surface area contributed by atoms with Crippen molar-refractivity contribution in [3.8, 4) is 0 Å². The monoisotopic (exact) mass is 474 g/mol. The van der Waals surface area contributed by atoms with Gasteiger partial charge in [0.2, 0.25) is 9.84 Å². The molecule has 1 atom stereocenters. The summed E-state index contributed by atoms with van der Waals surface area (Å²) in [5, 5.41) is 1.12. The molecule has 1 unspecified atom stereocenters. The molecule has 0 aliphatic heterocycles. The molecule has 0 radical (unpaired) electrons. The second-order valence-corrected chi connectivity index (χ2v) is 10.6. The Morgan fingerprint density at radius 3 is 1.86 bits per heavy atom. The van der Waals surface area contributed by atoms with Gasteiger partial charge in [0.1, 0.15) is 0 Å². The first-order valence-electron chi connectivity index (χ1n) is 8.54. The van der Waals surface area contributed by atoms with E-state index in [1.165, 1.54) is 0 Å². The molecule has 0 heterocycles. The highest BCUT2D eigenvalue weighted by Gasteiger charge is 2.19. The second-order valence-electron chi connectivity index (χ2n) is 6.43. The van der Waals surface area contributed by atoms with Crippen LogP contribution in [0.1, 0.15) is 16.7 Å². The first kappa shape index (κ1) is 20.7. The summed E-state index contributed by atoms with van der Waals surface area (Å²) in [6.07, 6.45) is 0. The Bertz CT molecular complexity index is 1130. The van der Waals surface area contributed by atoms with Crippen LogP contribution < -0.4 is 0 Å². The lowest BCUT2D eigenvalue weighted by molar-refractivity contribution is 0.604. The van der Waals surface area contributed by atoms with Crippen LogP contribution in [0.4, 0.5) is 0 Å². The van der Waals surface area contributed by atoms with Crippen molar-refractivity contribution in [1.82, 2.24) is 0 Å². The maximum absolute atomic E-state index is 13.3. The summed E-state index contributed by atoms with van der Waals surface area (Å²) >= 11 is 3.38. The van der Waals surface area contributed by atoms with Gasteiger partial charge in [0, 0.05) is 9.37 Å². The number of aryl methyl sites for hydroxylation is 2. The normalized spacial score (nSPS) is 13.3. The molecule has 0 aromatic heterocycles. The third-order valence-corrected chi connectivity index (χ3v) is 7.78. The van der Waals surface area contributed by atoms with Crippen LogP contribution in [0, 0.1) is 13.8 Å². The summed E-state index contributed by atoms with van der Waals surface area (Å²) in [6, 6.07) is 21.0. The van der Waals surface area contributed by atoms with Gasteiger partial charge < -0.3 is 0 Å². The number of hydrogen-bond acceptors (Lipinski definition) is 3. The summed E-state index contributed by atoms with van der Waals surface area (Å²) in [6.45, 7) is 3.84. The van der Waals surface area contributed by atoms with Gasteiger partial charge in [-0.05, 0) is 55.8 Å². The van der Waals surface area contributed by atoms with Crippen LogP contribution in [-0.4, -0.2) is 12.6 Å². The van der Waals surface area contributed by atoms with Crippen molar-refractivity contribution in [2.24, 2.45) is 0 Å². The predicted molar refractivity (Wildman–Crippen MR) is 118 cm³/mol. The lowest BCUT2D eigenvalue weighted by atomic mass is 10.2. The van der Waals surface area contributed by atoms with Crippen LogP contribution in [0.25, 0.3) is 4.91 Å². The minimum absolute atomic E-state index is 0.175. The average Bonchev–Trinajstić information content (AvgIpc) is 2.67. The van der Waals surface area contributed by atoms with Crippen molar-refractivity contribution in [3.05, 3.63) is 99.4 Å². The number of halogens is 1. The van der Waals surface area contributed by atoms with Gasteiger partial charge in [-0.15, -0.1) is 0 Å². The van der Waals surface area contributed by atoms with Gasteiger partial charge in [-0.1, -0.05) is 63.5 Å². The average molecular weight is 475 g/mol. The number of sulfone groups is 1. The van der Waals surface area contributed by atoms with Crippen LogP contribution in [0.3, 0.4) is 0 Å². The molecule has 0 amide bonds. The Labute approximate surface area is 176 Å². The Kier molecular flexibility index (Phi) is 6.33. The van der Waals surface area contributed by atoms with Crippen molar-refractivity contribution in [2.75, 3.05) is 0 Å². The largest absolute Gasteiger partial charge is 0.249 e. The molecular weight excluding hydrogens is 456 g/mol. The van der Waals surface area contributed by atoms with Gasteiger partial charge in [-0.2, -0.15) is 0 Å². The summed E-state index contributed by atoms with van der Waals surface area (Å²) in [4.78, 5) is 0.976. The van der Waals surface area contributed by atoms with E-state index in [4.69, 9.17) is 0 Å². The Hall–Kier alpha value is -2.02. The Balaban J connectivity index is 2.13. The minimum Gasteiger partial charge on any atom is -0.249 e. The molecule has 3 rings (SSSR count). The molecule has 0 saturated carbocycles. The zero-order chi connectivity index (χ0) is 20.3. The highest BCUT2D eigenvalue weighted by atomic mass is 79.9. The molecule has 0 spiro atoms. The minimum atomic E-state index is -3.76. The maximum atomic E-state index is 13.3. The molecule has 0 fully saturated rings. The van der Waals surface area contributed by atoms with Crippen LogP contribution in [0.15, 0.2) is 92.5 Å². The maximum Gasteiger partial charge on any atom is 0.201 e. The van der Waals surface area contributed by atoms with Gasteiger partial charge in [0.25, 0.3) is 0 Å². The fourth-order valence-electron chi connectivity index (χ4n) is 2.56. The van der Waals surface area contributed by atoms with Crippen LogP contribution in [-0.2, 0) is 20.6 Å². The molecule has 3 nitrogen and oxygen atoms in total. The van der Waals surface area contributed by atoms with Crippen molar-refractivity contribution < 1.29 is 12.6 Å². The fourth-order valence-corrected chi connectivity index (χ4v) is 5.61. The summed E-state index contributed by atoms with van der Waals surface area (Å²) < 4.78 is 40.1. The summed E-state index contributed by atoms with van der Waals surface area (Å²) in [5.74, 6) is 0. The molecule has 0 saturated heterocycles. The van der Waals surface area contributed by atoms with E-state index < -0.39 is 20.6 Å². The molecular formula is C22H19BrO3S2. The lowest BCUT2D eigenvalue weighted by Gasteiger charge is -2.10. The smallest absolute Gasteiger partial charge is 0.201 e. The van der Waals surface area contributed by atoms with Crippen molar-refractivity contribution in [1.29, 1.82) is 0 Å². The van der Waals surface area contributed by atoms with Gasteiger partial charge in [-0.3, -0.25) is 0 Å². The summed E-state index contributed by atoms with van der Waals surface area (Å²) in [5.41, 5.74) is 2.61. The van der Waals surface area contributed by atoms with Gasteiger partial charge in [-0.25, -0.2) is 12.6 Å². The van der Waals surface area contributed by atoms with Crippen molar-refractivity contribution in [2.45, 2.75) is 23.6 Å². The number of hydrogen-bond donors (Lipinski definition) is 0. The molecule has 0 bridgehead atoms. The number of benzene rings is 3. The van der Waals surface area contributed by atoms with E-state index in [2.05, 4.69) is 15.9 Å². The molecule has 3 aromatic carbocycles. The quantitative estimate of drug-likeness (QED) is 0.480. The van der Waals surface area contributed by atoms with Crippen LogP contribution in [0.2, 0.25) is 0 Å². The third-order valence-electron chi connectivity index (χ3n) is 4.18. The zero-order valence-electron chi connectivity index (χ0n) is 15.4. The molecule has 28 heavy (non-hydrogen) atoms. The lowest BCUT2D eigenvalue weighted by Crippen LogP contribution is -2.03. The Morgan fingerprint density at radius 1 is 0.821 bits per heavy atom. The standard InChI is InChI=1S/C22H19BrO3S2/c1-16-3-11-20(12-4-16)27(24)22(18-7-9-19(23)10-8-18)15-28(25,26)21-13-5-17(2)6-14-21/h3-15H,1-2H3/b22-15+. The second kappa shape index (κ2) is 8.55. The van der Waals surface area contributed by atoms with E-state index in [1.807, 2.05) is 26.0 Å². The van der Waals surface area contributed by atoms with E-state index in [-0.39, 0.29) is 9.80 Å². The predicted octanol–water partition coefficient (Wildman–Crippen LogP) is 5.65. The highest BCUT2D eigenvalue weighted by Crippen LogP contribution is 2.28. The Morgan fingerprint density at radius 2 is 1.32 bits per heavy atom.